The molecule has 1 amide bonds. The molecule has 1 aromatic rings. The molecule has 2 unspecified atom stereocenters. The largest absolute Gasteiger partial charge is 0.397 e. The van der Waals surface area contributed by atoms with Gasteiger partial charge in [-0.3, -0.25) is 9.69 Å². The Morgan fingerprint density at radius 2 is 2.19 bits per heavy atom. The maximum atomic E-state index is 13.0. The van der Waals surface area contributed by atoms with Crippen molar-refractivity contribution in [3.63, 3.8) is 0 Å². The summed E-state index contributed by atoms with van der Waals surface area (Å²) in [4.78, 5) is 16.8. The Labute approximate surface area is 124 Å². The fourth-order valence-corrected chi connectivity index (χ4v) is 2.76. The van der Waals surface area contributed by atoms with Gasteiger partial charge in [0.25, 0.3) is 0 Å². The maximum absolute atomic E-state index is 13.0. The second-order valence-corrected chi connectivity index (χ2v) is 5.75. The smallest absolute Gasteiger partial charge is 0.241 e. The highest BCUT2D eigenvalue weighted by atomic mass is 19.1. The van der Waals surface area contributed by atoms with Crippen LogP contribution in [0.4, 0.5) is 15.8 Å². The number of rotatable bonds is 3. The van der Waals surface area contributed by atoms with Gasteiger partial charge in [-0.05, 0) is 39.1 Å². The fourth-order valence-electron chi connectivity index (χ4n) is 2.76. The van der Waals surface area contributed by atoms with Gasteiger partial charge in [-0.25, -0.2) is 4.39 Å². The first kappa shape index (κ1) is 15.7. The summed E-state index contributed by atoms with van der Waals surface area (Å²) in [5.74, 6) is -0.532. The van der Waals surface area contributed by atoms with Crippen LogP contribution < -0.4 is 11.1 Å². The van der Waals surface area contributed by atoms with Crippen LogP contribution in [-0.2, 0) is 4.79 Å². The van der Waals surface area contributed by atoms with E-state index in [4.69, 9.17) is 5.73 Å². The fraction of sp³-hybridized carbons (Fsp3) is 0.533. The number of likely N-dealkylation sites (N-methyl/N-ethyl adjacent to an activating group) is 1. The van der Waals surface area contributed by atoms with Gasteiger partial charge in [0.15, 0.2) is 0 Å². The van der Waals surface area contributed by atoms with E-state index in [-0.39, 0.29) is 17.6 Å². The molecule has 0 aromatic heterocycles. The van der Waals surface area contributed by atoms with Crippen molar-refractivity contribution in [1.29, 1.82) is 0 Å². The van der Waals surface area contributed by atoms with Crippen LogP contribution in [0.3, 0.4) is 0 Å². The summed E-state index contributed by atoms with van der Waals surface area (Å²) in [7, 11) is 2.08. The standard InChI is InChI=1S/C15H23FN4O/c1-10-9-19(3)6-7-20(10)11(2)15(21)18-14-5-4-12(16)8-13(14)17/h4-5,8,10-11H,6-7,9,17H2,1-3H3,(H,18,21). The molecule has 5 nitrogen and oxygen atoms in total. The third-order valence-corrected chi connectivity index (χ3v) is 4.03. The number of carbonyl (C=O) groups excluding carboxylic acids is 1. The van der Waals surface area contributed by atoms with Gasteiger partial charge < -0.3 is 16.0 Å². The Morgan fingerprint density at radius 1 is 1.48 bits per heavy atom. The van der Waals surface area contributed by atoms with E-state index in [1.807, 2.05) is 6.92 Å². The number of anilines is 2. The molecule has 2 atom stereocenters. The van der Waals surface area contributed by atoms with Crippen molar-refractivity contribution >= 4 is 17.3 Å². The van der Waals surface area contributed by atoms with Crippen molar-refractivity contribution in [2.24, 2.45) is 0 Å². The van der Waals surface area contributed by atoms with E-state index < -0.39 is 5.82 Å². The molecule has 116 valence electrons. The van der Waals surface area contributed by atoms with Crippen LogP contribution in [-0.4, -0.2) is 54.5 Å². The highest BCUT2D eigenvalue weighted by Gasteiger charge is 2.29. The van der Waals surface area contributed by atoms with E-state index in [2.05, 4.69) is 29.1 Å². The zero-order valence-electron chi connectivity index (χ0n) is 12.8. The number of nitrogens with two attached hydrogens (primary N) is 1. The molecule has 1 fully saturated rings. The molecule has 0 radical (unpaired) electrons. The first-order valence-corrected chi connectivity index (χ1v) is 7.18. The minimum atomic E-state index is -0.411. The number of halogens is 1. The summed E-state index contributed by atoms with van der Waals surface area (Å²) in [5.41, 5.74) is 6.41. The Bertz CT molecular complexity index is 522. The lowest BCUT2D eigenvalue weighted by Crippen LogP contribution is -2.56. The monoisotopic (exact) mass is 294 g/mol. The van der Waals surface area contributed by atoms with Crippen LogP contribution in [0.25, 0.3) is 0 Å². The van der Waals surface area contributed by atoms with Crippen LogP contribution in [0.1, 0.15) is 13.8 Å². The van der Waals surface area contributed by atoms with E-state index in [1.165, 1.54) is 18.2 Å². The number of nitrogens with one attached hydrogen (secondary N) is 1. The van der Waals surface area contributed by atoms with Gasteiger partial charge in [0, 0.05) is 25.7 Å². The highest BCUT2D eigenvalue weighted by Crippen LogP contribution is 2.20. The van der Waals surface area contributed by atoms with Gasteiger partial charge in [0.1, 0.15) is 5.82 Å². The molecule has 0 aliphatic carbocycles. The molecule has 1 saturated heterocycles. The summed E-state index contributed by atoms with van der Waals surface area (Å²) in [6.45, 7) is 6.74. The Morgan fingerprint density at radius 3 is 2.81 bits per heavy atom. The minimum Gasteiger partial charge on any atom is -0.397 e. The van der Waals surface area contributed by atoms with Crippen LogP contribution in [0.5, 0.6) is 0 Å². The molecule has 1 aliphatic rings. The SMILES string of the molecule is CC1CN(C)CCN1C(C)C(=O)Nc1ccc(F)cc1N. The highest BCUT2D eigenvalue weighted by molar-refractivity contribution is 5.97. The van der Waals surface area contributed by atoms with Crippen LogP contribution >= 0.6 is 0 Å². The number of nitrogens with zero attached hydrogens (tertiary/aromatic N) is 2. The number of carbonyl (C=O) groups is 1. The Hall–Kier alpha value is -1.66. The Kier molecular flexibility index (Phi) is 4.80. The van der Waals surface area contributed by atoms with Crippen molar-refractivity contribution in [3.8, 4) is 0 Å². The first-order valence-electron chi connectivity index (χ1n) is 7.18. The van der Waals surface area contributed by atoms with Gasteiger partial charge in [-0.2, -0.15) is 0 Å². The Balaban J connectivity index is 2.02. The van der Waals surface area contributed by atoms with Crippen LogP contribution in [0.15, 0.2) is 18.2 Å². The van der Waals surface area contributed by atoms with Gasteiger partial charge in [0.05, 0.1) is 17.4 Å². The molecular weight excluding hydrogens is 271 g/mol. The van der Waals surface area contributed by atoms with Crippen molar-refractivity contribution in [1.82, 2.24) is 9.80 Å². The number of hydrogen-bond donors (Lipinski definition) is 2. The number of piperazine rings is 1. The van der Waals surface area contributed by atoms with Gasteiger partial charge in [0.2, 0.25) is 5.91 Å². The summed E-state index contributed by atoms with van der Waals surface area (Å²) in [6, 6.07) is 4.05. The topological polar surface area (TPSA) is 61.6 Å². The average Bonchev–Trinajstić information content (AvgIpc) is 2.41. The molecule has 3 N–H and O–H groups in total. The molecule has 1 heterocycles. The summed E-state index contributed by atoms with van der Waals surface area (Å²) >= 11 is 0. The van der Waals surface area contributed by atoms with Gasteiger partial charge >= 0.3 is 0 Å². The predicted molar refractivity (Wildman–Crippen MR) is 82.6 cm³/mol. The molecule has 1 aliphatic heterocycles. The first-order chi connectivity index (χ1) is 9.88. The number of hydrogen-bond acceptors (Lipinski definition) is 4. The third-order valence-electron chi connectivity index (χ3n) is 4.03. The molecule has 0 saturated carbocycles. The van der Waals surface area contributed by atoms with Crippen molar-refractivity contribution in [2.75, 3.05) is 37.7 Å². The molecule has 21 heavy (non-hydrogen) atoms. The summed E-state index contributed by atoms with van der Waals surface area (Å²) in [6.07, 6.45) is 0. The zero-order valence-corrected chi connectivity index (χ0v) is 12.8. The third kappa shape index (κ3) is 3.71. The van der Waals surface area contributed by atoms with Gasteiger partial charge in [-0.1, -0.05) is 0 Å². The number of nitrogen functional groups attached to an aromatic ring is 1. The average molecular weight is 294 g/mol. The van der Waals surface area contributed by atoms with Crippen LogP contribution in [0.2, 0.25) is 0 Å². The lowest BCUT2D eigenvalue weighted by atomic mass is 10.1. The molecule has 0 spiro atoms. The molecule has 6 heteroatoms. The predicted octanol–water partition coefficient (Wildman–Crippen LogP) is 1.37. The second-order valence-electron chi connectivity index (χ2n) is 5.75. The molecule has 2 rings (SSSR count). The zero-order chi connectivity index (χ0) is 15.6. The van der Waals surface area contributed by atoms with E-state index >= 15 is 0 Å². The van der Waals surface area contributed by atoms with Crippen molar-refractivity contribution in [2.45, 2.75) is 25.9 Å². The van der Waals surface area contributed by atoms with Crippen LogP contribution in [0, 0.1) is 5.82 Å². The lowest BCUT2D eigenvalue weighted by Gasteiger charge is -2.41. The van der Waals surface area contributed by atoms with Crippen molar-refractivity contribution in [3.05, 3.63) is 24.0 Å². The molecular formula is C15H23FN4O. The van der Waals surface area contributed by atoms with E-state index in [0.717, 1.165) is 19.6 Å². The number of benzene rings is 1. The molecule has 1 aromatic carbocycles. The quantitative estimate of drug-likeness (QED) is 0.827. The summed E-state index contributed by atoms with van der Waals surface area (Å²) < 4.78 is 13.0. The minimum absolute atomic E-state index is 0.121. The lowest BCUT2D eigenvalue weighted by molar-refractivity contribution is -0.122. The second kappa shape index (κ2) is 6.41. The normalized spacial score (nSPS) is 22.0. The van der Waals surface area contributed by atoms with E-state index in [1.54, 1.807) is 0 Å². The van der Waals surface area contributed by atoms with Gasteiger partial charge in [-0.15, -0.1) is 0 Å². The van der Waals surface area contributed by atoms with E-state index in [9.17, 15) is 9.18 Å². The number of amides is 1. The molecule has 0 bridgehead atoms. The summed E-state index contributed by atoms with van der Waals surface area (Å²) in [5, 5.41) is 2.78. The maximum Gasteiger partial charge on any atom is 0.241 e. The van der Waals surface area contributed by atoms with E-state index in [0.29, 0.717) is 11.7 Å². The van der Waals surface area contributed by atoms with Crippen molar-refractivity contribution < 1.29 is 9.18 Å².